The minimum atomic E-state index is -0.889. The Hall–Kier alpha value is -7.84. The number of aliphatic hydroxyl groups is 2. The zero-order valence-corrected chi connectivity index (χ0v) is 55.8. The molecule has 2 amide bonds. The van der Waals surface area contributed by atoms with Crippen molar-refractivity contribution < 1.29 is 52.3 Å². The van der Waals surface area contributed by atoms with Crippen molar-refractivity contribution in [3.8, 4) is 11.5 Å². The number of nitrogens with zero attached hydrogens (tertiary/aromatic N) is 5. The molecule has 20 heteroatoms. The Balaban J connectivity index is 0.000000139. The van der Waals surface area contributed by atoms with Gasteiger partial charge in [-0.2, -0.15) is 0 Å². The maximum absolute atomic E-state index is 13.6. The summed E-state index contributed by atoms with van der Waals surface area (Å²) in [4.78, 5) is 49.0. The van der Waals surface area contributed by atoms with Gasteiger partial charge in [0.05, 0.1) is 52.1 Å². The van der Waals surface area contributed by atoms with Gasteiger partial charge in [-0.3, -0.25) is 14.4 Å². The number of carbonyl (C=O) groups excluding carboxylic acids is 2. The maximum Gasteiger partial charge on any atom is 0.308 e. The van der Waals surface area contributed by atoms with Crippen molar-refractivity contribution in [2.24, 2.45) is 17.8 Å². The molecule has 5 aliphatic heterocycles. The molecular weight excluding hydrogens is 1280 g/mol. The summed E-state index contributed by atoms with van der Waals surface area (Å²) in [6.45, 7) is 9.08. The van der Waals surface area contributed by atoms with E-state index in [0.717, 1.165) is 159 Å². The Morgan fingerprint density at radius 1 is 0.433 bits per heavy atom. The summed E-state index contributed by atoms with van der Waals surface area (Å²) in [5.41, 5.74) is 4.41. The molecule has 0 aromatic heterocycles. The van der Waals surface area contributed by atoms with Crippen molar-refractivity contribution in [1.29, 1.82) is 0 Å². The lowest BCUT2D eigenvalue weighted by atomic mass is 10.00. The molecule has 0 radical (unpaired) electrons. The number of halogens is 5. The van der Waals surface area contributed by atoms with E-state index >= 15 is 0 Å². The van der Waals surface area contributed by atoms with Gasteiger partial charge < -0.3 is 59.9 Å². The number of anilines is 3. The van der Waals surface area contributed by atoms with Gasteiger partial charge in [0.1, 0.15) is 41.2 Å². The van der Waals surface area contributed by atoms with Gasteiger partial charge in [0, 0.05) is 69.4 Å². The van der Waals surface area contributed by atoms with Crippen LogP contribution in [0.2, 0.25) is 10.0 Å². The summed E-state index contributed by atoms with van der Waals surface area (Å²) < 4.78 is 52.0. The third-order valence-electron chi connectivity index (χ3n) is 20.1. The van der Waals surface area contributed by atoms with Crippen LogP contribution in [-0.4, -0.2) is 146 Å². The number of hydrogen-bond acceptors (Lipinski definition) is 12. The van der Waals surface area contributed by atoms with Crippen LogP contribution in [0, 0.1) is 35.2 Å². The molecule has 97 heavy (non-hydrogen) atoms. The molecule has 8 aromatic rings. The highest BCUT2D eigenvalue weighted by Gasteiger charge is 2.37. The number of carbonyl (C=O) groups is 3. The van der Waals surface area contributed by atoms with Crippen LogP contribution in [0.15, 0.2) is 146 Å². The molecule has 1 unspecified atom stereocenters. The zero-order chi connectivity index (χ0) is 67.3. The zero-order valence-electron chi connectivity index (χ0n) is 54.3. The van der Waals surface area contributed by atoms with Crippen LogP contribution >= 0.6 is 23.2 Å². The van der Waals surface area contributed by atoms with E-state index in [2.05, 4.69) is 47.3 Å². The molecule has 0 spiro atoms. The lowest BCUT2D eigenvalue weighted by Crippen LogP contribution is -2.48. The number of amides is 2. The molecule has 8 aromatic carbocycles. The summed E-state index contributed by atoms with van der Waals surface area (Å²) >= 11 is 13.0. The highest BCUT2D eigenvalue weighted by molar-refractivity contribution is 6.32. The molecule has 7 fully saturated rings. The SMILES string of the molecule is O=C(N[C@H](CN1CCCC1)[C@H](O)c1ccc(OC2CC2)c(Cl)c1)[C@@H]1CCN(c2ccc3cc(F)ccc3c2)C1.O=C(N[C@H](CN1CCCC1)[C@H](O)c1ccc(OC2CC2)c(Cl)c1)[C@H]1CCN(c2ccc3cc(F)ccc3c2)C1.O=C(O)C1CCN(c2ccc3cc(F)ccc3c2)C1. The number of aliphatic carboxylic acids is 1. The summed E-state index contributed by atoms with van der Waals surface area (Å²) in [5.74, 6) is -0.916. The van der Waals surface area contributed by atoms with Crippen LogP contribution in [0.4, 0.5) is 30.2 Å². The van der Waals surface area contributed by atoms with Crippen molar-refractivity contribution >= 4 is 90.4 Å². The lowest BCUT2D eigenvalue weighted by Gasteiger charge is -2.30. The number of benzene rings is 8. The second-order valence-electron chi connectivity index (χ2n) is 27.3. The number of likely N-dealkylation sites (tertiary alicyclic amines) is 2. The van der Waals surface area contributed by atoms with E-state index in [-0.39, 0.29) is 59.2 Å². The molecule has 2 aliphatic carbocycles. The van der Waals surface area contributed by atoms with Crippen LogP contribution in [-0.2, 0) is 14.4 Å². The Morgan fingerprint density at radius 2 is 0.763 bits per heavy atom. The van der Waals surface area contributed by atoms with E-state index in [9.17, 15) is 37.8 Å². The van der Waals surface area contributed by atoms with Crippen molar-refractivity contribution in [2.75, 3.05) is 93.2 Å². The van der Waals surface area contributed by atoms with Crippen LogP contribution in [0.5, 0.6) is 11.5 Å². The number of ether oxygens (including phenoxy) is 2. The summed E-state index contributed by atoms with van der Waals surface area (Å²) in [5, 5.41) is 44.7. The normalized spacial score (nSPS) is 20.9. The van der Waals surface area contributed by atoms with Gasteiger partial charge in [-0.25, -0.2) is 13.2 Å². The minimum Gasteiger partial charge on any atom is -0.489 e. The number of carboxylic acid groups (broad SMARTS) is 1. The Kier molecular flexibility index (Phi) is 21.3. The van der Waals surface area contributed by atoms with Gasteiger partial charge in [-0.15, -0.1) is 0 Å². The van der Waals surface area contributed by atoms with Crippen molar-refractivity contribution in [1.82, 2.24) is 20.4 Å². The molecule has 5 saturated heterocycles. The number of aliphatic hydroxyl groups excluding tert-OH is 2. The lowest BCUT2D eigenvalue weighted by molar-refractivity contribution is -0.141. The van der Waals surface area contributed by atoms with Crippen LogP contribution < -0.4 is 34.8 Å². The van der Waals surface area contributed by atoms with Gasteiger partial charge in [-0.05, 0) is 237 Å². The Morgan fingerprint density at radius 3 is 1.09 bits per heavy atom. The third-order valence-corrected chi connectivity index (χ3v) is 20.7. The van der Waals surface area contributed by atoms with Gasteiger partial charge in [-0.1, -0.05) is 71.7 Å². The standard InChI is InChI=1S/2C31H35ClFN3O3.C15H14FNO2/c2*32-27-17-22(5-10-29(27)39-26-8-9-26)30(37)28(19-35-12-1-2-13-35)34-31(38)23-11-14-36(18-23)25-7-4-20-15-24(33)6-3-21(20)16-25;16-13-3-1-11-8-14(4-2-10(11)7-13)17-6-5-12(9-17)15(18)19/h2*3-7,10,15-17,23,26,28,30,37H,1-2,8-9,11-14,18-19H2,(H,34,38);1-4,7-8,12H,5-6,9H2,(H,18,19)/t23-,28+,30+;23-,28-,30-;/m01./s1. The Bertz CT molecular complexity index is 3930. The molecule has 7 aliphatic rings. The number of fused-ring (bicyclic) bond motifs is 3. The maximum atomic E-state index is 13.6. The van der Waals surface area contributed by atoms with Gasteiger partial charge in [0.25, 0.3) is 0 Å². The predicted octanol–water partition coefficient (Wildman–Crippen LogP) is 13.5. The fraction of sp³-hybridized carbons (Fsp3) is 0.416. The minimum absolute atomic E-state index is 0.0385. The number of hydrogen-bond donors (Lipinski definition) is 5. The van der Waals surface area contributed by atoms with E-state index in [1.165, 1.54) is 36.4 Å². The molecule has 510 valence electrons. The summed E-state index contributed by atoms with van der Waals surface area (Å²) in [7, 11) is 0. The van der Waals surface area contributed by atoms with Gasteiger partial charge >= 0.3 is 5.97 Å². The highest BCUT2D eigenvalue weighted by Crippen LogP contribution is 2.38. The topological polar surface area (TPSA) is 171 Å². The quantitative estimate of drug-likeness (QED) is 0.0489. The van der Waals surface area contributed by atoms with E-state index < -0.39 is 30.3 Å². The molecule has 15 rings (SSSR count). The average molecular weight is 1360 g/mol. The van der Waals surface area contributed by atoms with Gasteiger partial charge in [0.2, 0.25) is 11.8 Å². The number of rotatable bonds is 20. The Labute approximate surface area is 574 Å². The number of nitrogens with one attached hydrogen (secondary N) is 2. The fourth-order valence-corrected chi connectivity index (χ4v) is 14.6. The molecule has 0 bridgehead atoms. The molecular formula is C77H84Cl2F3N7O8. The second kappa shape index (κ2) is 30.5. The first-order valence-corrected chi connectivity index (χ1v) is 35.1. The highest BCUT2D eigenvalue weighted by atomic mass is 35.5. The van der Waals surface area contributed by atoms with Gasteiger partial charge in [0.15, 0.2) is 0 Å². The largest absolute Gasteiger partial charge is 0.489 e. The predicted molar refractivity (Wildman–Crippen MR) is 376 cm³/mol. The van der Waals surface area contributed by atoms with Crippen molar-refractivity contribution in [3.63, 3.8) is 0 Å². The smallest absolute Gasteiger partial charge is 0.308 e. The summed E-state index contributed by atoms with van der Waals surface area (Å²) in [6, 6.07) is 41.9. The first-order valence-electron chi connectivity index (χ1n) is 34.4. The molecule has 5 N–H and O–H groups in total. The fourth-order valence-electron chi connectivity index (χ4n) is 14.1. The summed E-state index contributed by atoms with van der Waals surface area (Å²) in [6.07, 6.45) is 9.56. The van der Waals surface area contributed by atoms with E-state index in [4.69, 9.17) is 37.8 Å². The van der Waals surface area contributed by atoms with E-state index in [0.29, 0.717) is 71.8 Å². The van der Waals surface area contributed by atoms with E-state index in [1.807, 2.05) is 66.7 Å². The molecule has 5 heterocycles. The van der Waals surface area contributed by atoms with E-state index in [1.54, 1.807) is 30.3 Å². The second-order valence-corrected chi connectivity index (χ2v) is 28.1. The first-order chi connectivity index (χ1) is 47.0. The first kappa shape index (κ1) is 67.7. The molecule has 2 saturated carbocycles. The average Bonchev–Trinajstić information content (AvgIpc) is 1.53. The monoisotopic (exact) mass is 1360 g/mol. The van der Waals surface area contributed by atoms with Crippen molar-refractivity contribution in [3.05, 3.63) is 184 Å². The van der Waals surface area contributed by atoms with Crippen LogP contribution in [0.3, 0.4) is 0 Å². The molecule has 15 nitrogen and oxygen atoms in total. The number of carboxylic acids is 1. The van der Waals surface area contributed by atoms with Crippen LogP contribution in [0.25, 0.3) is 32.3 Å². The van der Waals surface area contributed by atoms with Crippen molar-refractivity contribution in [2.45, 2.75) is 107 Å². The molecule has 7 atom stereocenters. The van der Waals surface area contributed by atoms with Crippen LogP contribution in [0.1, 0.15) is 94.0 Å². The third kappa shape index (κ3) is 17.2.